The van der Waals surface area contributed by atoms with E-state index in [1.54, 1.807) is 17.0 Å². The van der Waals surface area contributed by atoms with Crippen LogP contribution in [0, 0.1) is 0 Å². The first-order valence-electron chi connectivity index (χ1n) is 9.74. The number of likely N-dealkylation sites (tertiary alicyclic amines) is 1. The third-order valence-electron chi connectivity index (χ3n) is 5.83. The molecule has 25 heavy (non-hydrogen) atoms. The molecule has 1 aromatic carbocycles. The van der Waals surface area contributed by atoms with Crippen LogP contribution in [-0.2, 0) is 0 Å². The summed E-state index contributed by atoms with van der Waals surface area (Å²) in [5.74, 6) is 1.30. The van der Waals surface area contributed by atoms with Gasteiger partial charge in [0.05, 0.1) is 19.1 Å². The van der Waals surface area contributed by atoms with Gasteiger partial charge < -0.3 is 10.0 Å². The van der Waals surface area contributed by atoms with Crippen LogP contribution in [0.4, 0.5) is 0 Å². The molecule has 1 aliphatic heterocycles. The van der Waals surface area contributed by atoms with Crippen molar-refractivity contribution in [2.75, 3.05) is 13.1 Å². The van der Waals surface area contributed by atoms with E-state index in [0.717, 1.165) is 18.9 Å². The van der Waals surface area contributed by atoms with Crippen molar-refractivity contribution in [3.63, 3.8) is 0 Å². The summed E-state index contributed by atoms with van der Waals surface area (Å²) in [7, 11) is 0. The Labute approximate surface area is 148 Å². The summed E-state index contributed by atoms with van der Waals surface area (Å²) in [4.78, 5) is 1.55. The molecule has 0 bridgehead atoms. The number of hydrogen-bond acceptors (Lipinski definition) is 4. The molecule has 1 saturated heterocycles. The standard InChI is InChI=1S/C19H27N5O/c25-17-11-9-15(10-12-17)18(23-13-5-1-2-6-14-23)19-20-21-22-24(19)16-7-3-4-8-16/h9-12,16,18,25H,1-8,13-14H2/p+1/t18-/m1/s1. The van der Waals surface area contributed by atoms with Gasteiger partial charge in [-0.15, -0.1) is 5.10 Å². The molecule has 6 nitrogen and oxygen atoms in total. The zero-order chi connectivity index (χ0) is 17.1. The van der Waals surface area contributed by atoms with Crippen molar-refractivity contribution >= 4 is 0 Å². The highest BCUT2D eigenvalue weighted by atomic mass is 16.3. The van der Waals surface area contributed by atoms with Gasteiger partial charge >= 0.3 is 0 Å². The number of phenols is 1. The molecule has 6 heteroatoms. The van der Waals surface area contributed by atoms with Gasteiger partial charge in [0.2, 0.25) is 5.82 Å². The second kappa shape index (κ2) is 7.52. The van der Waals surface area contributed by atoms with E-state index in [-0.39, 0.29) is 6.04 Å². The minimum Gasteiger partial charge on any atom is -0.508 e. The summed E-state index contributed by atoms with van der Waals surface area (Å²) >= 11 is 0. The molecule has 2 heterocycles. The van der Waals surface area contributed by atoms with Gasteiger partial charge in [0, 0.05) is 5.56 Å². The Bertz CT molecular complexity index is 669. The van der Waals surface area contributed by atoms with Gasteiger partial charge in [-0.1, -0.05) is 12.8 Å². The summed E-state index contributed by atoms with van der Waals surface area (Å²) in [6.45, 7) is 2.31. The van der Waals surface area contributed by atoms with Gasteiger partial charge in [-0.2, -0.15) is 0 Å². The van der Waals surface area contributed by atoms with E-state index in [0.29, 0.717) is 11.8 Å². The molecule has 1 aliphatic carbocycles. The first kappa shape index (κ1) is 16.5. The van der Waals surface area contributed by atoms with Gasteiger partial charge in [-0.3, -0.25) is 0 Å². The Hall–Kier alpha value is -1.95. The van der Waals surface area contributed by atoms with Crippen LogP contribution < -0.4 is 4.90 Å². The van der Waals surface area contributed by atoms with Gasteiger partial charge in [0.15, 0.2) is 6.04 Å². The van der Waals surface area contributed by atoms with Crippen molar-refractivity contribution in [3.05, 3.63) is 35.7 Å². The summed E-state index contributed by atoms with van der Waals surface area (Å²) < 4.78 is 2.10. The quantitative estimate of drug-likeness (QED) is 0.892. The van der Waals surface area contributed by atoms with Crippen molar-refractivity contribution < 1.29 is 10.0 Å². The van der Waals surface area contributed by atoms with E-state index in [1.165, 1.54) is 56.9 Å². The van der Waals surface area contributed by atoms with Crippen molar-refractivity contribution in [1.29, 1.82) is 0 Å². The fourth-order valence-electron chi connectivity index (χ4n) is 4.50. The van der Waals surface area contributed by atoms with Crippen molar-refractivity contribution in [3.8, 4) is 5.75 Å². The maximum absolute atomic E-state index is 9.70. The molecule has 0 unspecified atom stereocenters. The molecule has 2 fully saturated rings. The number of phenolic OH excluding ortho intramolecular Hbond substituents is 1. The molecule has 134 valence electrons. The maximum Gasteiger partial charge on any atom is 0.214 e. The lowest BCUT2D eigenvalue weighted by Gasteiger charge is -2.28. The Morgan fingerprint density at radius 3 is 2.32 bits per heavy atom. The fraction of sp³-hybridized carbons (Fsp3) is 0.632. The number of quaternary nitrogens is 1. The van der Waals surface area contributed by atoms with Crippen molar-refractivity contribution in [1.82, 2.24) is 20.2 Å². The molecule has 1 saturated carbocycles. The minimum absolute atomic E-state index is 0.147. The van der Waals surface area contributed by atoms with Gasteiger partial charge in [0.25, 0.3) is 0 Å². The zero-order valence-corrected chi connectivity index (χ0v) is 14.8. The Kier molecular flexibility index (Phi) is 4.97. The molecule has 0 radical (unpaired) electrons. The number of tetrazole rings is 1. The van der Waals surface area contributed by atoms with Crippen LogP contribution >= 0.6 is 0 Å². The third kappa shape index (κ3) is 3.54. The summed E-state index contributed by atoms with van der Waals surface area (Å²) in [5.41, 5.74) is 1.20. The highest BCUT2D eigenvalue weighted by Gasteiger charge is 2.34. The highest BCUT2D eigenvalue weighted by molar-refractivity contribution is 5.29. The van der Waals surface area contributed by atoms with Crippen LogP contribution in [0.2, 0.25) is 0 Å². The highest BCUT2D eigenvalue weighted by Crippen LogP contribution is 2.31. The number of rotatable bonds is 4. The smallest absolute Gasteiger partial charge is 0.214 e. The molecule has 2 aromatic rings. The largest absolute Gasteiger partial charge is 0.508 e. The summed E-state index contributed by atoms with van der Waals surface area (Å²) in [5, 5.41) is 22.6. The van der Waals surface area contributed by atoms with Crippen LogP contribution in [0.5, 0.6) is 5.75 Å². The lowest BCUT2D eigenvalue weighted by molar-refractivity contribution is -0.925. The zero-order valence-electron chi connectivity index (χ0n) is 14.8. The monoisotopic (exact) mass is 342 g/mol. The second-order valence-corrected chi connectivity index (χ2v) is 7.52. The second-order valence-electron chi connectivity index (χ2n) is 7.52. The Morgan fingerprint density at radius 2 is 1.64 bits per heavy atom. The molecular weight excluding hydrogens is 314 g/mol. The maximum atomic E-state index is 9.70. The van der Waals surface area contributed by atoms with Crippen molar-refractivity contribution in [2.45, 2.75) is 63.5 Å². The first-order valence-corrected chi connectivity index (χ1v) is 9.74. The lowest BCUT2D eigenvalue weighted by Crippen LogP contribution is -3.12. The SMILES string of the molecule is Oc1ccc([C@H](c2nnnn2C2CCCC2)[NH+]2CCCCCC2)cc1. The topological polar surface area (TPSA) is 68.3 Å². The predicted octanol–water partition coefficient (Wildman–Crippen LogP) is 2.04. The molecule has 2 aliphatic rings. The van der Waals surface area contributed by atoms with E-state index >= 15 is 0 Å². The molecule has 4 rings (SSSR count). The molecular formula is C19H28N5O+. The number of aromatic nitrogens is 4. The Morgan fingerprint density at radius 1 is 0.960 bits per heavy atom. The predicted molar refractivity (Wildman–Crippen MR) is 94.4 cm³/mol. The lowest BCUT2D eigenvalue weighted by atomic mass is 10.0. The minimum atomic E-state index is 0.147. The van der Waals surface area contributed by atoms with E-state index in [9.17, 15) is 5.11 Å². The number of hydrogen-bond donors (Lipinski definition) is 2. The molecule has 0 spiro atoms. The van der Waals surface area contributed by atoms with E-state index in [1.807, 2.05) is 12.1 Å². The van der Waals surface area contributed by atoms with E-state index < -0.39 is 0 Å². The average Bonchev–Trinajstić information content (AvgIpc) is 3.24. The van der Waals surface area contributed by atoms with Crippen LogP contribution in [0.3, 0.4) is 0 Å². The van der Waals surface area contributed by atoms with Gasteiger partial charge in [-0.25, -0.2) is 4.68 Å². The number of aromatic hydroxyl groups is 1. The fourth-order valence-corrected chi connectivity index (χ4v) is 4.50. The Balaban J connectivity index is 1.72. The first-order chi connectivity index (χ1) is 12.3. The molecule has 1 atom stereocenters. The number of nitrogens with one attached hydrogen (secondary N) is 1. The summed E-state index contributed by atoms with van der Waals surface area (Å²) in [6.07, 6.45) is 10.0. The molecule has 2 N–H and O–H groups in total. The van der Waals surface area contributed by atoms with E-state index in [4.69, 9.17) is 0 Å². The van der Waals surface area contributed by atoms with Crippen molar-refractivity contribution in [2.24, 2.45) is 0 Å². The third-order valence-corrected chi connectivity index (χ3v) is 5.83. The number of benzene rings is 1. The van der Waals surface area contributed by atoms with Gasteiger partial charge in [-0.05, 0) is 73.2 Å². The van der Waals surface area contributed by atoms with Crippen LogP contribution in [0.1, 0.15) is 74.8 Å². The van der Waals surface area contributed by atoms with Crippen LogP contribution in [0.15, 0.2) is 24.3 Å². The van der Waals surface area contributed by atoms with Gasteiger partial charge in [0.1, 0.15) is 5.75 Å². The van der Waals surface area contributed by atoms with E-state index in [2.05, 4.69) is 20.2 Å². The summed E-state index contributed by atoms with van der Waals surface area (Å²) in [6, 6.07) is 8.22. The van der Waals surface area contributed by atoms with Crippen LogP contribution in [0.25, 0.3) is 0 Å². The molecule has 0 amide bonds. The normalized spacial score (nSPS) is 21.3. The average molecular weight is 342 g/mol. The molecule has 1 aromatic heterocycles. The number of nitrogens with zero attached hydrogens (tertiary/aromatic N) is 4. The van der Waals surface area contributed by atoms with Crippen LogP contribution in [-0.4, -0.2) is 38.4 Å².